The van der Waals surface area contributed by atoms with Gasteiger partial charge in [-0.2, -0.15) is 0 Å². The van der Waals surface area contributed by atoms with Crippen molar-refractivity contribution >= 4 is 50.0 Å². The van der Waals surface area contributed by atoms with Crippen LogP contribution in [-0.4, -0.2) is 57.6 Å². The Labute approximate surface area is 248 Å². The highest BCUT2D eigenvalue weighted by molar-refractivity contribution is 7.23. The fraction of sp³-hybridized carbons (Fsp3) is 0.355. The number of nitrogens with one attached hydrogen (secondary N) is 3. The van der Waals surface area contributed by atoms with Crippen molar-refractivity contribution in [2.75, 3.05) is 36.8 Å². The average molecular weight is 586 g/mol. The third kappa shape index (κ3) is 6.32. The molecule has 11 heteroatoms. The molecule has 1 aliphatic heterocycles. The Morgan fingerprint density at radius 2 is 1.81 bits per heavy atom. The number of nitrogens with zero attached hydrogens (tertiary/aromatic N) is 4. The number of benzene rings is 2. The molecule has 42 heavy (non-hydrogen) atoms. The van der Waals surface area contributed by atoms with Crippen LogP contribution in [0.3, 0.4) is 0 Å². The molecular formula is C31H35N7O3S. The Morgan fingerprint density at radius 3 is 2.55 bits per heavy atom. The normalized spacial score (nSPS) is 14.1. The van der Waals surface area contributed by atoms with Gasteiger partial charge in [0.2, 0.25) is 5.91 Å². The monoisotopic (exact) mass is 585 g/mol. The van der Waals surface area contributed by atoms with Gasteiger partial charge in [0.25, 0.3) is 0 Å². The molecule has 0 atom stereocenters. The lowest BCUT2D eigenvalue weighted by Gasteiger charge is -2.14. The number of rotatable bonds is 8. The van der Waals surface area contributed by atoms with Crippen molar-refractivity contribution in [3.8, 4) is 11.3 Å². The molecular weight excluding hydrogens is 550 g/mol. The fourth-order valence-electron chi connectivity index (χ4n) is 5.09. The van der Waals surface area contributed by atoms with E-state index in [0.29, 0.717) is 30.2 Å². The highest BCUT2D eigenvalue weighted by Crippen LogP contribution is 2.31. The minimum absolute atomic E-state index is 0.0559. The first-order chi connectivity index (χ1) is 20.2. The van der Waals surface area contributed by atoms with Crippen LogP contribution >= 0.6 is 11.3 Å². The van der Waals surface area contributed by atoms with Crippen LogP contribution in [0.4, 0.5) is 16.3 Å². The number of anilines is 2. The van der Waals surface area contributed by atoms with E-state index in [0.717, 1.165) is 51.6 Å². The highest BCUT2D eigenvalue weighted by Gasteiger charge is 2.20. The zero-order chi connectivity index (χ0) is 29.3. The average Bonchev–Trinajstić information content (AvgIpc) is 3.74. The number of amides is 3. The molecule has 218 valence electrons. The summed E-state index contributed by atoms with van der Waals surface area (Å²) in [6.45, 7) is 9.94. The lowest BCUT2D eigenvalue weighted by atomic mass is 9.93. The van der Waals surface area contributed by atoms with E-state index in [9.17, 15) is 9.59 Å². The molecule has 5 aromatic rings. The number of imidazole rings is 1. The summed E-state index contributed by atoms with van der Waals surface area (Å²) in [5.74, 6) is 1.12. The third-order valence-electron chi connectivity index (χ3n) is 7.40. The first kappa shape index (κ1) is 27.9. The van der Waals surface area contributed by atoms with Gasteiger partial charge < -0.3 is 20.1 Å². The van der Waals surface area contributed by atoms with Crippen molar-refractivity contribution < 1.29 is 14.1 Å². The SMILES string of the molecule is CC(C)(C)c1cc(NC(=O)Nc2ccc(-c3cn4c(n3)sc3cc(CC(=O)NCCN5CCCC5)ccc34)cc2)no1. The quantitative estimate of drug-likeness (QED) is 0.209. The number of aromatic nitrogens is 3. The van der Waals surface area contributed by atoms with E-state index in [4.69, 9.17) is 9.51 Å². The van der Waals surface area contributed by atoms with Crippen LogP contribution in [0.25, 0.3) is 26.4 Å². The Morgan fingerprint density at radius 1 is 1.02 bits per heavy atom. The minimum Gasteiger partial charge on any atom is -0.359 e. The van der Waals surface area contributed by atoms with Crippen molar-refractivity contribution in [1.82, 2.24) is 24.8 Å². The molecule has 0 radical (unpaired) electrons. The van der Waals surface area contributed by atoms with Gasteiger partial charge in [0.15, 0.2) is 10.8 Å². The van der Waals surface area contributed by atoms with Crippen molar-refractivity contribution in [3.05, 3.63) is 66.1 Å². The topological polar surface area (TPSA) is 117 Å². The minimum atomic E-state index is -0.399. The van der Waals surface area contributed by atoms with Gasteiger partial charge in [-0.25, -0.2) is 9.78 Å². The van der Waals surface area contributed by atoms with E-state index in [1.165, 1.54) is 12.8 Å². The van der Waals surface area contributed by atoms with E-state index in [1.54, 1.807) is 17.4 Å². The Hall–Kier alpha value is -4.22. The van der Waals surface area contributed by atoms with E-state index in [1.807, 2.05) is 57.3 Å². The molecule has 0 spiro atoms. The summed E-state index contributed by atoms with van der Waals surface area (Å²) in [6, 6.07) is 15.0. The van der Waals surface area contributed by atoms with E-state index in [-0.39, 0.29) is 11.3 Å². The number of thiazole rings is 1. The number of hydrogen-bond donors (Lipinski definition) is 3. The van der Waals surface area contributed by atoms with Crippen LogP contribution in [0, 0.1) is 0 Å². The van der Waals surface area contributed by atoms with E-state index < -0.39 is 6.03 Å². The number of fused-ring (bicyclic) bond motifs is 3. The standard InChI is InChI=1S/C31H35N7O3S/c1-31(2,3)26-18-27(36-41-26)35-29(40)33-22-9-7-21(8-10-22)23-19-38-24-11-6-20(16-25(24)42-30(38)34-23)17-28(39)32-12-15-37-13-4-5-14-37/h6-11,16,18-19H,4-5,12-15,17H2,1-3H3,(H,32,39)(H2,33,35,36,40). The maximum atomic E-state index is 12.5. The van der Waals surface area contributed by atoms with Gasteiger partial charge in [-0.1, -0.05) is 55.5 Å². The van der Waals surface area contributed by atoms with Crippen LogP contribution in [0.15, 0.2) is 59.3 Å². The second-order valence-electron chi connectivity index (χ2n) is 11.7. The maximum absolute atomic E-state index is 12.5. The molecule has 4 heterocycles. The lowest BCUT2D eigenvalue weighted by molar-refractivity contribution is -0.120. The summed E-state index contributed by atoms with van der Waals surface area (Å²) in [5, 5.41) is 12.5. The molecule has 6 rings (SSSR count). The first-order valence-corrected chi connectivity index (χ1v) is 15.1. The second-order valence-corrected chi connectivity index (χ2v) is 12.8. The predicted octanol–water partition coefficient (Wildman–Crippen LogP) is 5.90. The molecule has 10 nitrogen and oxygen atoms in total. The van der Waals surface area contributed by atoms with Gasteiger partial charge >= 0.3 is 6.03 Å². The molecule has 3 amide bonds. The summed E-state index contributed by atoms with van der Waals surface area (Å²) in [4.78, 5) is 33.0. The van der Waals surface area contributed by atoms with E-state index in [2.05, 4.69) is 42.5 Å². The molecule has 0 saturated carbocycles. The molecule has 3 N–H and O–H groups in total. The summed E-state index contributed by atoms with van der Waals surface area (Å²) >= 11 is 1.60. The van der Waals surface area contributed by atoms with Crippen LogP contribution in [0.5, 0.6) is 0 Å². The maximum Gasteiger partial charge on any atom is 0.324 e. The summed E-state index contributed by atoms with van der Waals surface area (Å²) in [7, 11) is 0. The van der Waals surface area contributed by atoms with E-state index >= 15 is 0 Å². The van der Waals surface area contributed by atoms with Crippen LogP contribution < -0.4 is 16.0 Å². The highest BCUT2D eigenvalue weighted by atomic mass is 32.1. The van der Waals surface area contributed by atoms with Crippen molar-refractivity contribution in [2.45, 2.75) is 45.4 Å². The molecule has 1 fully saturated rings. The Balaban J connectivity index is 1.06. The third-order valence-corrected chi connectivity index (χ3v) is 8.42. The van der Waals surface area contributed by atoms with Gasteiger partial charge in [-0.3, -0.25) is 14.5 Å². The molecule has 0 aliphatic carbocycles. The number of carbonyl (C=O) groups excluding carboxylic acids is 2. The van der Waals surface area contributed by atoms with Gasteiger partial charge in [0.05, 0.1) is 22.3 Å². The second kappa shape index (κ2) is 11.6. The zero-order valence-electron chi connectivity index (χ0n) is 24.1. The van der Waals surface area contributed by atoms with Crippen molar-refractivity contribution in [3.63, 3.8) is 0 Å². The number of urea groups is 1. The van der Waals surface area contributed by atoms with Crippen LogP contribution in [0.2, 0.25) is 0 Å². The Bertz CT molecular complexity index is 1720. The molecule has 3 aromatic heterocycles. The van der Waals surface area contributed by atoms with Gasteiger partial charge in [-0.05, 0) is 55.8 Å². The van der Waals surface area contributed by atoms with Gasteiger partial charge in [0.1, 0.15) is 5.76 Å². The molecule has 1 aliphatic rings. The molecule has 1 saturated heterocycles. The van der Waals surface area contributed by atoms with Crippen molar-refractivity contribution in [1.29, 1.82) is 0 Å². The summed E-state index contributed by atoms with van der Waals surface area (Å²) in [6.07, 6.45) is 4.91. The lowest BCUT2D eigenvalue weighted by Crippen LogP contribution is -2.34. The molecule has 2 aromatic carbocycles. The molecule has 0 unspecified atom stereocenters. The summed E-state index contributed by atoms with van der Waals surface area (Å²) in [5.41, 5.74) is 4.30. The van der Waals surface area contributed by atoms with Gasteiger partial charge in [-0.15, -0.1) is 0 Å². The van der Waals surface area contributed by atoms with Crippen LogP contribution in [-0.2, 0) is 16.6 Å². The largest absolute Gasteiger partial charge is 0.359 e. The smallest absolute Gasteiger partial charge is 0.324 e. The number of likely N-dealkylation sites (tertiary alicyclic amines) is 1. The van der Waals surface area contributed by atoms with Gasteiger partial charge in [0, 0.05) is 42.0 Å². The van der Waals surface area contributed by atoms with Crippen molar-refractivity contribution in [2.24, 2.45) is 0 Å². The summed E-state index contributed by atoms with van der Waals surface area (Å²) < 4.78 is 8.50. The Kier molecular flexibility index (Phi) is 7.70. The van der Waals surface area contributed by atoms with Crippen LogP contribution in [0.1, 0.15) is 44.9 Å². The first-order valence-electron chi connectivity index (χ1n) is 14.3. The number of hydrogen-bond acceptors (Lipinski definition) is 7. The predicted molar refractivity (Wildman–Crippen MR) is 166 cm³/mol. The molecule has 0 bridgehead atoms. The zero-order valence-corrected chi connectivity index (χ0v) is 24.9. The fourth-order valence-corrected chi connectivity index (χ4v) is 6.16. The number of carbonyl (C=O) groups is 2.